The molecule has 0 aromatic heterocycles. The quantitative estimate of drug-likeness (QED) is 0.719. The van der Waals surface area contributed by atoms with Crippen LogP contribution in [0, 0.1) is 0 Å². The van der Waals surface area contributed by atoms with Gasteiger partial charge in [-0.05, 0) is 49.2 Å². The summed E-state index contributed by atoms with van der Waals surface area (Å²) in [7, 11) is 3.18. The molecule has 5 nitrogen and oxygen atoms in total. The van der Waals surface area contributed by atoms with Crippen LogP contribution in [0.3, 0.4) is 0 Å². The number of ketones is 1. The van der Waals surface area contributed by atoms with Gasteiger partial charge in [-0.1, -0.05) is 17.7 Å². The fourth-order valence-corrected chi connectivity index (χ4v) is 4.47. The second-order valence-electron chi connectivity index (χ2n) is 7.21. The van der Waals surface area contributed by atoms with Gasteiger partial charge in [0.1, 0.15) is 11.5 Å². The van der Waals surface area contributed by atoms with Crippen LogP contribution in [0.2, 0.25) is 5.02 Å². The van der Waals surface area contributed by atoms with E-state index in [2.05, 4.69) is 0 Å². The fourth-order valence-electron chi connectivity index (χ4n) is 4.29. The number of anilines is 1. The maximum Gasteiger partial charge on any atom is 0.232 e. The molecular formula is C23H22ClNO4. The Hall–Kier alpha value is -2.79. The molecule has 6 heteroatoms. The molecule has 0 unspecified atom stereocenters. The Labute approximate surface area is 174 Å². The first kappa shape index (κ1) is 19.5. The van der Waals surface area contributed by atoms with Crippen LogP contribution in [-0.2, 0) is 9.59 Å². The lowest BCUT2D eigenvalue weighted by atomic mass is 9.76. The molecule has 150 valence electrons. The van der Waals surface area contributed by atoms with Crippen LogP contribution in [0.15, 0.2) is 53.7 Å². The largest absolute Gasteiger partial charge is 0.497 e. The number of rotatable bonds is 4. The van der Waals surface area contributed by atoms with Gasteiger partial charge in [0, 0.05) is 40.6 Å². The summed E-state index contributed by atoms with van der Waals surface area (Å²) in [5.74, 6) is 0.975. The first-order chi connectivity index (χ1) is 14.0. The zero-order valence-electron chi connectivity index (χ0n) is 16.4. The molecule has 4 rings (SSSR count). The van der Waals surface area contributed by atoms with E-state index in [9.17, 15) is 9.59 Å². The number of ether oxygens (including phenoxy) is 2. The zero-order valence-corrected chi connectivity index (χ0v) is 17.2. The summed E-state index contributed by atoms with van der Waals surface area (Å²) in [4.78, 5) is 28.0. The molecule has 0 saturated heterocycles. The molecule has 1 aliphatic carbocycles. The lowest BCUT2D eigenvalue weighted by molar-refractivity contribution is -0.119. The van der Waals surface area contributed by atoms with E-state index in [1.807, 2.05) is 30.3 Å². The van der Waals surface area contributed by atoms with Crippen LogP contribution in [0.1, 0.15) is 37.2 Å². The number of benzene rings is 2. The molecule has 0 spiro atoms. The van der Waals surface area contributed by atoms with Crippen LogP contribution in [0.4, 0.5) is 5.69 Å². The van der Waals surface area contributed by atoms with Gasteiger partial charge in [-0.15, -0.1) is 0 Å². The molecular weight excluding hydrogens is 390 g/mol. The van der Waals surface area contributed by atoms with Gasteiger partial charge in [0.2, 0.25) is 5.91 Å². The molecule has 2 aliphatic rings. The molecule has 1 heterocycles. The van der Waals surface area contributed by atoms with Crippen LogP contribution in [0.25, 0.3) is 0 Å². The number of carbonyl (C=O) groups is 2. The van der Waals surface area contributed by atoms with Gasteiger partial charge >= 0.3 is 0 Å². The third-order valence-corrected chi connectivity index (χ3v) is 5.79. The minimum atomic E-state index is -0.356. The van der Waals surface area contributed by atoms with Crippen LogP contribution in [0.5, 0.6) is 11.5 Å². The van der Waals surface area contributed by atoms with E-state index in [1.165, 1.54) is 0 Å². The Kier molecular flexibility index (Phi) is 5.33. The summed E-state index contributed by atoms with van der Waals surface area (Å²) in [6.07, 6.45) is 2.06. The van der Waals surface area contributed by atoms with Crippen molar-refractivity contribution in [2.24, 2.45) is 0 Å². The highest BCUT2D eigenvalue weighted by molar-refractivity contribution is 6.31. The van der Waals surface area contributed by atoms with Gasteiger partial charge < -0.3 is 9.47 Å². The number of halogens is 1. The summed E-state index contributed by atoms with van der Waals surface area (Å²) in [5, 5.41) is 0.552. The van der Waals surface area contributed by atoms with Crippen molar-refractivity contribution in [3.8, 4) is 11.5 Å². The molecule has 0 saturated carbocycles. The average molecular weight is 412 g/mol. The highest BCUT2D eigenvalue weighted by Crippen LogP contribution is 2.46. The first-order valence-corrected chi connectivity index (χ1v) is 9.98. The molecule has 29 heavy (non-hydrogen) atoms. The van der Waals surface area contributed by atoms with Crippen LogP contribution < -0.4 is 14.4 Å². The van der Waals surface area contributed by atoms with Gasteiger partial charge in [0.25, 0.3) is 0 Å². The number of nitrogens with zero attached hydrogens (tertiary/aromatic N) is 1. The number of hydrogen-bond acceptors (Lipinski definition) is 4. The maximum atomic E-state index is 13.3. The zero-order chi connectivity index (χ0) is 20.5. The molecule has 1 atom stereocenters. The number of methoxy groups -OCH3 is 2. The molecule has 1 aliphatic heterocycles. The monoisotopic (exact) mass is 411 g/mol. The van der Waals surface area contributed by atoms with Gasteiger partial charge in [0.15, 0.2) is 5.78 Å². The smallest absolute Gasteiger partial charge is 0.232 e. The standard InChI is InChI=1S/C23H22ClNO4/c1-28-16-9-10-21(29-2)17(12-16)18-13-22(27)25(15-6-3-5-14(24)11-15)19-7-4-8-20(26)23(18)19/h3,5-6,9-12,18H,4,7-8,13H2,1-2H3/t18-/m0/s1. The predicted molar refractivity (Wildman–Crippen MR) is 112 cm³/mol. The van der Waals surface area contributed by atoms with Gasteiger partial charge in [0.05, 0.1) is 19.9 Å². The van der Waals surface area contributed by atoms with Crippen molar-refractivity contribution in [2.45, 2.75) is 31.6 Å². The van der Waals surface area contributed by atoms with E-state index in [1.54, 1.807) is 31.3 Å². The van der Waals surface area contributed by atoms with Crippen molar-refractivity contribution in [1.82, 2.24) is 0 Å². The molecule has 2 aromatic carbocycles. The molecule has 1 amide bonds. The summed E-state index contributed by atoms with van der Waals surface area (Å²) in [6, 6.07) is 12.7. The summed E-state index contributed by atoms with van der Waals surface area (Å²) >= 11 is 6.16. The normalized spacial score (nSPS) is 19.3. The maximum absolute atomic E-state index is 13.3. The minimum absolute atomic E-state index is 0.0596. The van der Waals surface area contributed by atoms with E-state index in [0.29, 0.717) is 40.6 Å². The van der Waals surface area contributed by atoms with Crippen LogP contribution in [-0.4, -0.2) is 25.9 Å². The minimum Gasteiger partial charge on any atom is -0.497 e. The van der Waals surface area contributed by atoms with Gasteiger partial charge in [-0.2, -0.15) is 0 Å². The Morgan fingerprint density at radius 2 is 1.86 bits per heavy atom. The number of allylic oxidation sites excluding steroid dienone is 2. The van der Waals surface area contributed by atoms with Crippen molar-refractivity contribution >= 4 is 29.0 Å². The second-order valence-corrected chi connectivity index (χ2v) is 7.65. The Morgan fingerprint density at radius 1 is 1.03 bits per heavy atom. The molecule has 0 N–H and O–H groups in total. The molecule has 0 bridgehead atoms. The first-order valence-electron chi connectivity index (χ1n) is 9.60. The number of amides is 1. The van der Waals surface area contributed by atoms with Crippen molar-refractivity contribution in [2.75, 3.05) is 19.1 Å². The van der Waals surface area contributed by atoms with E-state index in [4.69, 9.17) is 21.1 Å². The molecule has 2 aromatic rings. The van der Waals surface area contributed by atoms with Crippen molar-refractivity contribution in [1.29, 1.82) is 0 Å². The number of carbonyl (C=O) groups excluding carboxylic acids is 2. The summed E-state index contributed by atoms with van der Waals surface area (Å²) < 4.78 is 10.9. The molecule has 0 radical (unpaired) electrons. The van der Waals surface area contributed by atoms with Crippen molar-refractivity contribution < 1.29 is 19.1 Å². The summed E-state index contributed by atoms with van der Waals surface area (Å²) in [6.45, 7) is 0. The summed E-state index contributed by atoms with van der Waals surface area (Å²) in [5.41, 5.74) is 2.96. The Morgan fingerprint density at radius 3 is 2.59 bits per heavy atom. The van der Waals surface area contributed by atoms with E-state index >= 15 is 0 Å². The van der Waals surface area contributed by atoms with Crippen molar-refractivity contribution in [3.05, 3.63) is 64.3 Å². The van der Waals surface area contributed by atoms with E-state index in [-0.39, 0.29) is 24.0 Å². The van der Waals surface area contributed by atoms with Gasteiger partial charge in [-0.3, -0.25) is 14.5 Å². The van der Waals surface area contributed by atoms with Gasteiger partial charge in [-0.25, -0.2) is 0 Å². The lowest BCUT2D eigenvalue weighted by Gasteiger charge is -2.38. The third kappa shape index (κ3) is 3.51. The van der Waals surface area contributed by atoms with E-state index < -0.39 is 0 Å². The Balaban J connectivity index is 1.89. The highest BCUT2D eigenvalue weighted by Gasteiger charge is 2.40. The fraction of sp³-hybridized carbons (Fsp3) is 0.304. The van der Waals surface area contributed by atoms with Crippen molar-refractivity contribution in [3.63, 3.8) is 0 Å². The predicted octanol–water partition coefficient (Wildman–Crippen LogP) is 4.88. The highest BCUT2D eigenvalue weighted by atomic mass is 35.5. The molecule has 0 fully saturated rings. The van der Waals surface area contributed by atoms with Crippen LogP contribution >= 0.6 is 11.6 Å². The second kappa shape index (κ2) is 7.91. The van der Waals surface area contributed by atoms with E-state index in [0.717, 1.165) is 17.7 Å². The number of hydrogen-bond donors (Lipinski definition) is 0. The topological polar surface area (TPSA) is 55.8 Å². The lowest BCUT2D eigenvalue weighted by Crippen LogP contribution is -2.40. The Bertz CT molecular complexity index is 1010. The number of Topliss-reactive ketones (excluding diaryl/α,β-unsaturated/α-hetero) is 1. The SMILES string of the molecule is COc1ccc(OC)c([C@@H]2CC(=O)N(c3cccc(Cl)c3)C3=C2C(=O)CCC3)c1. The average Bonchev–Trinajstić information content (AvgIpc) is 2.72. The third-order valence-electron chi connectivity index (χ3n) is 5.55.